The first-order chi connectivity index (χ1) is 26.2. The molecule has 0 aliphatic heterocycles. The fourth-order valence-electron chi connectivity index (χ4n) is 6.16. The van der Waals surface area contributed by atoms with Gasteiger partial charge in [-0.3, -0.25) is 9.18 Å². The van der Waals surface area contributed by atoms with Crippen LogP contribution < -0.4 is 13.9 Å². The fourth-order valence-corrected chi connectivity index (χ4v) is 9.93. The molecule has 19 heteroatoms. The number of alkyl halides is 5. The zero-order valence-electron chi connectivity index (χ0n) is 31.1. The summed E-state index contributed by atoms with van der Waals surface area (Å²) in [5, 5.41) is 0. The van der Waals surface area contributed by atoms with Gasteiger partial charge in [0.2, 0.25) is 10.0 Å². The summed E-state index contributed by atoms with van der Waals surface area (Å²) in [6, 6.07) is 23.8. The Morgan fingerprint density at radius 2 is 1.21 bits per heavy atom. The van der Waals surface area contributed by atoms with Crippen LogP contribution in [0.15, 0.2) is 89.9 Å². The van der Waals surface area contributed by atoms with Crippen molar-refractivity contribution in [3.05, 3.63) is 107 Å². The predicted molar refractivity (Wildman–Crippen MR) is 209 cm³/mol. The second kappa shape index (κ2) is 18.0. The lowest BCUT2D eigenvalue weighted by atomic mass is 9.83. The molecule has 0 spiro atoms. The van der Waals surface area contributed by atoms with Crippen LogP contribution in [0.4, 0.5) is 33.3 Å². The van der Waals surface area contributed by atoms with Crippen molar-refractivity contribution in [1.29, 1.82) is 0 Å². The molecule has 4 rings (SSSR count). The summed E-state index contributed by atoms with van der Waals surface area (Å²) >= 11 is 0. The molecular weight excluding hydrogens is 804 g/mol. The van der Waals surface area contributed by atoms with E-state index in [2.05, 4.69) is 54.1 Å². The van der Waals surface area contributed by atoms with Gasteiger partial charge in [-0.15, -0.1) is 4.13 Å². The summed E-state index contributed by atoms with van der Waals surface area (Å²) in [5.74, 6) is -9.49. The predicted octanol–water partition coefficient (Wildman–Crippen LogP) is 6.45. The molecule has 0 radical (unpaired) electrons. The number of likely N-dealkylation sites (N-methyl/N-ethyl adjacent to an activating group) is 1. The number of anilines is 2. The molecule has 0 unspecified atom stereocenters. The van der Waals surface area contributed by atoms with Crippen LogP contribution >= 0.6 is 0 Å². The third-order valence-corrected chi connectivity index (χ3v) is 13.2. The van der Waals surface area contributed by atoms with E-state index in [4.69, 9.17) is 4.18 Å². The van der Waals surface area contributed by atoms with Crippen LogP contribution in [-0.2, 0) is 34.3 Å². The Labute approximate surface area is 324 Å². The van der Waals surface area contributed by atoms with E-state index in [1.165, 1.54) is 0 Å². The van der Waals surface area contributed by atoms with Crippen LogP contribution in [0.3, 0.4) is 0 Å². The third kappa shape index (κ3) is 11.2. The molecule has 0 saturated carbocycles. The molecule has 0 atom stereocenters. The van der Waals surface area contributed by atoms with E-state index in [1.54, 1.807) is 11.8 Å². The maximum absolute atomic E-state index is 14.4. The Balaban J connectivity index is 1.56. The van der Waals surface area contributed by atoms with Gasteiger partial charge in [0.15, 0.2) is 0 Å². The lowest BCUT2D eigenvalue weighted by Crippen LogP contribution is -2.46. The molecule has 56 heavy (non-hydrogen) atoms. The highest BCUT2D eigenvalue weighted by Crippen LogP contribution is 2.38. The largest absolute Gasteiger partial charge is 0.512 e. The van der Waals surface area contributed by atoms with Crippen LogP contribution in [0.25, 0.3) is 11.1 Å². The number of sulfonamides is 2. The zero-order valence-corrected chi connectivity index (χ0v) is 33.5. The summed E-state index contributed by atoms with van der Waals surface area (Å²) in [6.07, 6.45) is 4.05. The van der Waals surface area contributed by atoms with Gasteiger partial charge in [0.05, 0.1) is 12.3 Å². The second-order valence-electron chi connectivity index (χ2n) is 12.5. The number of halogens is 5. The maximum Gasteiger partial charge on any atom is 0.512 e. The van der Waals surface area contributed by atoms with Crippen molar-refractivity contribution >= 4 is 58.4 Å². The monoisotopic (exact) mass is 846 g/mol. The Bertz CT molecular complexity index is 2270. The van der Waals surface area contributed by atoms with E-state index < -0.39 is 59.7 Å². The Morgan fingerprint density at radius 1 is 0.696 bits per heavy atom. The average Bonchev–Trinajstić information content (AvgIpc) is 3.10. The van der Waals surface area contributed by atoms with Crippen molar-refractivity contribution in [1.82, 2.24) is 4.13 Å². The summed E-state index contributed by atoms with van der Waals surface area (Å²) in [5.41, 5.74) is 2.27. The molecule has 1 N–H and O–H groups in total. The van der Waals surface area contributed by atoms with Gasteiger partial charge in [-0.25, -0.2) is 25.6 Å². The van der Waals surface area contributed by atoms with Crippen molar-refractivity contribution in [2.24, 2.45) is 4.99 Å². The molecule has 0 saturated heterocycles. The van der Waals surface area contributed by atoms with Crippen molar-refractivity contribution in [3.63, 3.8) is 0 Å². The van der Waals surface area contributed by atoms with Crippen LogP contribution in [0.1, 0.15) is 49.9 Å². The number of aliphatic imine (C=N–C) groups is 1. The third-order valence-electron chi connectivity index (χ3n) is 8.64. The molecule has 0 aromatic heterocycles. The summed E-state index contributed by atoms with van der Waals surface area (Å²) in [7, 11) is -17.5. The quantitative estimate of drug-likeness (QED) is 0.113. The average molecular weight is 847 g/mol. The highest BCUT2D eigenvalue weighted by molar-refractivity contribution is 8.05. The van der Waals surface area contributed by atoms with Gasteiger partial charge in [0.25, 0.3) is 16.0 Å². The Hall–Kier alpha value is -4.17. The molecule has 1 aliphatic rings. The highest BCUT2D eigenvalue weighted by atomic mass is 32.3. The van der Waals surface area contributed by atoms with Gasteiger partial charge >= 0.3 is 15.5 Å². The molecule has 1 aliphatic carbocycles. The molecule has 306 valence electrons. The van der Waals surface area contributed by atoms with Crippen molar-refractivity contribution in [2.75, 3.05) is 60.6 Å². The number of allylic oxidation sites excluding steroid dienone is 3. The topological polar surface area (TPSA) is 143 Å². The first kappa shape index (κ1) is 44.5. The number of rotatable bonds is 18. The van der Waals surface area contributed by atoms with Gasteiger partial charge in [-0.05, 0) is 85.9 Å². The minimum absolute atomic E-state index is 0.110. The number of benzene rings is 3. The smallest absolute Gasteiger partial charge is 0.372 e. The zero-order chi connectivity index (χ0) is 41.5. The van der Waals surface area contributed by atoms with E-state index in [0.717, 1.165) is 57.9 Å². The van der Waals surface area contributed by atoms with E-state index in [0.29, 0.717) is 18.8 Å². The molecule has 0 amide bonds. The second-order valence-corrected chi connectivity index (χ2v) is 17.8. The lowest BCUT2D eigenvalue weighted by Gasteiger charge is -2.25. The number of hydrogen-bond acceptors (Lipinski definition) is 10. The van der Waals surface area contributed by atoms with E-state index in [1.807, 2.05) is 61.5 Å². The normalized spacial score (nSPS) is 15.5. The Morgan fingerprint density at radius 3 is 1.71 bits per heavy atom. The SMILES string of the molecule is CCN=C1C=CC(=C(c2ccc(N(CC)CC)cc2)c2ccc(N(CC)CCOS(=O)(=O)CC(F)(F)CS(=O)(=O)NS(=O)(=O)C(F)(F)F)cc2)c2ccccc21. The van der Waals surface area contributed by atoms with Crippen LogP contribution in [0.2, 0.25) is 0 Å². The van der Waals surface area contributed by atoms with Crippen molar-refractivity contribution in [3.8, 4) is 0 Å². The number of nitrogens with one attached hydrogen (secondary N) is 1. The van der Waals surface area contributed by atoms with E-state index >= 15 is 0 Å². The molecule has 3 aromatic carbocycles. The first-order valence-electron chi connectivity index (χ1n) is 17.5. The summed E-state index contributed by atoms with van der Waals surface area (Å²) in [6.45, 7) is 9.84. The van der Waals surface area contributed by atoms with E-state index in [-0.39, 0.29) is 10.7 Å². The van der Waals surface area contributed by atoms with Gasteiger partial charge in [0, 0.05) is 49.7 Å². The minimum Gasteiger partial charge on any atom is -0.372 e. The molecule has 3 aromatic rings. The lowest BCUT2D eigenvalue weighted by molar-refractivity contribution is -0.0442. The fraction of sp³-hybridized carbons (Fsp3) is 0.378. The van der Waals surface area contributed by atoms with Gasteiger partial charge in [-0.1, -0.05) is 54.6 Å². The minimum atomic E-state index is -6.54. The van der Waals surface area contributed by atoms with Crippen molar-refractivity contribution in [2.45, 2.75) is 39.1 Å². The Kier molecular flexibility index (Phi) is 14.3. The number of hydrogen-bond donors (Lipinski definition) is 1. The highest BCUT2D eigenvalue weighted by Gasteiger charge is 2.50. The van der Waals surface area contributed by atoms with E-state index in [9.17, 15) is 47.2 Å². The molecular formula is C37H43F5N4O7S3. The van der Waals surface area contributed by atoms with Crippen LogP contribution in [0.5, 0.6) is 0 Å². The van der Waals surface area contributed by atoms with Crippen LogP contribution in [-0.4, -0.2) is 93.2 Å². The van der Waals surface area contributed by atoms with Crippen molar-refractivity contribution < 1.29 is 51.4 Å². The first-order valence-corrected chi connectivity index (χ1v) is 22.2. The van der Waals surface area contributed by atoms with Gasteiger partial charge < -0.3 is 9.80 Å². The van der Waals surface area contributed by atoms with Gasteiger partial charge in [-0.2, -0.15) is 21.6 Å². The molecule has 11 nitrogen and oxygen atoms in total. The standard InChI is InChI=1S/C37H43F5N4O7S3/c1-5-43-34-22-21-33(31-11-9-10-12-32(31)34)35(27-13-17-29(18-14-27)45(6-2)7-3)28-15-19-30(20-16-28)46(8-4)23-24-53-55(49,50)26-36(38,39)25-54(47,48)44-56(51,52)37(40,41)42/h9-22,44H,5-8,23-26H2,1-4H3. The summed E-state index contributed by atoms with van der Waals surface area (Å²) in [4.78, 5) is 8.63. The summed E-state index contributed by atoms with van der Waals surface area (Å²) < 4.78 is 142. The van der Waals surface area contributed by atoms with Crippen LogP contribution in [0, 0.1) is 0 Å². The maximum atomic E-state index is 14.4. The molecule has 0 fully saturated rings. The molecule has 0 heterocycles. The molecule has 0 bridgehead atoms. The number of nitrogens with zero attached hydrogens (tertiary/aromatic N) is 3. The van der Waals surface area contributed by atoms with Gasteiger partial charge in [0.1, 0.15) is 11.5 Å². The number of fused-ring (bicyclic) bond motifs is 1.